The molecular formula is C8H13ClO. The molecule has 2 aliphatic rings. The van der Waals surface area contributed by atoms with E-state index in [0.717, 1.165) is 13.0 Å². The summed E-state index contributed by atoms with van der Waals surface area (Å²) in [6, 6.07) is 0. The molecule has 0 heterocycles. The standard InChI is InChI=1S/C8H13ClO/c1-10-5-4-8(9)6-7(8)2-3-7/h2-6H2,1H3. The zero-order valence-electron chi connectivity index (χ0n) is 6.32. The van der Waals surface area contributed by atoms with Gasteiger partial charge in [-0.1, -0.05) is 0 Å². The molecule has 0 aliphatic heterocycles. The highest BCUT2D eigenvalue weighted by Crippen LogP contribution is 2.77. The number of halogens is 1. The van der Waals surface area contributed by atoms with E-state index in [-0.39, 0.29) is 4.87 Å². The molecule has 0 radical (unpaired) electrons. The zero-order valence-corrected chi connectivity index (χ0v) is 7.08. The van der Waals surface area contributed by atoms with Gasteiger partial charge in [0.15, 0.2) is 0 Å². The molecule has 0 bridgehead atoms. The van der Waals surface area contributed by atoms with Crippen molar-refractivity contribution in [1.29, 1.82) is 0 Å². The molecule has 0 aromatic heterocycles. The molecule has 2 saturated carbocycles. The van der Waals surface area contributed by atoms with Crippen LogP contribution in [0.15, 0.2) is 0 Å². The summed E-state index contributed by atoms with van der Waals surface area (Å²) in [5.74, 6) is 0. The average molecular weight is 161 g/mol. The molecule has 1 atom stereocenters. The second kappa shape index (κ2) is 1.89. The Balaban J connectivity index is 1.83. The van der Waals surface area contributed by atoms with E-state index in [4.69, 9.17) is 16.3 Å². The summed E-state index contributed by atoms with van der Waals surface area (Å²) in [6.45, 7) is 0.825. The monoisotopic (exact) mass is 160 g/mol. The summed E-state index contributed by atoms with van der Waals surface area (Å²) in [7, 11) is 1.74. The van der Waals surface area contributed by atoms with Gasteiger partial charge in [-0.15, -0.1) is 11.6 Å². The number of rotatable bonds is 3. The molecular weight excluding hydrogens is 148 g/mol. The number of hydrogen-bond donors (Lipinski definition) is 0. The fourth-order valence-electron chi connectivity index (χ4n) is 1.89. The highest BCUT2D eigenvalue weighted by atomic mass is 35.5. The lowest BCUT2D eigenvalue weighted by Crippen LogP contribution is -2.06. The van der Waals surface area contributed by atoms with Gasteiger partial charge >= 0.3 is 0 Å². The maximum Gasteiger partial charge on any atom is 0.0531 e. The van der Waals surface area contributed by atoms with Crippen LogP contribution in [-0.2, 0) is 4.74 Å². The Labute approximate surface area is 66.7 Å². The van der Waals surface area contributed by atoms with Crippen LogP contribution in [0.4, 0.5) is 0 Å². The summed E-state index contributed by atoms with van der Waals surface area (Å²) >= 11 is 6.30. The van der Waals surface area contributed by atoms with Crippen LogP contribution in [0.3, 0.4) is 0 Å². The van der Waals surface area contributed by atoms with Gasteiger partial charge in [-0.25, -0.2) is 0 Å². The van der Waals surface area contributed by atoms with Crippen LogP contribution < -0.4 is 0 Å². The average Bonchev–Trinajstić information content (AvgIpc) is 2.74. The fourth-order valence-corrected chi connectivity index (χ4v) is 2.41. The first kappa shape index (κ1) is 6.93. The topological polar surface area (TPSA) is 9.23 Å². The molecule has 58 valence electrons. The van der Waals surface area contributed by atoms with Crippen molar-refractivity contribution in [1.82, 2.24) is 0 Å². The van der Waals surface area contributed by atoms with E-state index in [1.165, 1.54) is 19.3 Å². The molecule has 0 saturated heterocycles. The quantitative estimate of drug-likeness (QED) is 0.576. The smallest absolute Gasteiger partial charge is 0.0531 e. The first-order valence-corrected chi connectivity index (χ1v) is 4.28. The Hall–Kier alpha value is 0.250. The number of alkyl halides is 1. The third kappa shape index (κ3) is 0.802. The van der Waals surface area contributed by atoms with Gasteiger partial charge in [0.05, 0.1) is 4.87 Å². The predicted molar refractivity (Wildman–Crippen MR) is 41.4 cm³/mol. The van der Waals surface area contributed by atoms with Crippen LogP contribution in [0.2, 0.25) is 0 Å². The van der Waals surface area contributed by atoms with Crippen molar-refractivity contribution in [3.8, 4) is 0 Å². The van der Waals surface area contributed by atoms with Crippen LogP contribution in [0.25, 0.3) is 0 Å². The van der Waals surface area contributed by atoms with Gasteiger partial charge in [-0.3, -0.25) is 0 Å². The molecule has 10 heavy (non-hydrogen) atoms. The van der Waals surface area contributed by atoms with Crippen molar-refractivity contribution in [3.05, 3.63) is 0 Å². The minimum Gasteiger partial charge on any atom is -0.385 e. The van der Waals surface area contributed by atoms with Crippen molar-refractivity contribution in [2.75, 3.05) is 13.7 Å². The SMILES string of the molecule is COCCC1(Cl)CC12CC2. The van der Waals surface area contributed by atoms with Crippen LogP contribution in [0.1, 0.15) is 25.7 Å². The van der Waals surface area contributed by atoms with Gasteiger partial charge in [0, 0.05) is 13.7 Å². The zero-order chi connectivity index (χ0) is 7.24. The second-order valence-electron chi connectivity index (χ2n) is 3.67. The van der Waals surface area contributed by atoms with Crippen molar-refractivity contribution < 1.29 is 4.74 Å². The van der Waals surface area contributed by atoms with Crippen molar-refractivity contribution in [3.63, 3.8) is 0 Å². The normalized spacial score (nSPS) is 40.2. The molecule has 1 spiro atoms. The Morgan fingerprint density at radius 2 is 2.20 bits per heavy atom. The van der Waals surface area contributed by atoms with E-state index in [2.05, 4.69) is 0 Å². The summed E-state index contributed by atoms with van der Waals surface area (Å²) in [4.78, 5) is 0.156. The van der Waals surface area contributed by atoms with Crippen LogP contribution in [-0.4, -0.2) is 18.6 Å². The molecule has 2 heteroatoms. The van der Waals surface area contributed by atoms with E-state index in [1.807, 2.05) is 0 Å². The van der Waals surface area contributed by atoms with Crippen LogP contribution in [0, 0.1) is 5.41 Å². The predicted octanol–water partition coefficient (Wildman–Crippen LogP) is 2.18. The molecule has 0 aromatic rings. The number of methoxy groups -OCH3 is 1. The lowest BCUT2D eigenvalue weighted by atomic mass is 10.2. The van der Waals surface area contributed by atoms with E-state index in [1.54, 1.807) is 7.11 Å². The molecule has 0 amide bonds. The minimum atomic E-state index is 0.156. The van der Waals surface area contributed by atoms with E-state index < -0.39 is 0 Å². The molecule has 0 N–H and O–H groups in total. The van der Waals surface area contributed by atoms with Crippen molar-refractivity contribution >= 4 is 11.6 Å². The Bertz CT molecular complexity index is 153. The number of ether oxygens (including phenoxy) is 1. The summed E-state index contributed by atoms with van der Waals surface area (Å²) in [5, 5.41) is 0. The second-order valence-corrected chi connectivity index (χ2v) is 4.39. The Kier molecular flexibility index (Phi) is 1.31. The molecule has 2 rings (SSSR count). The third-order valence-corrected chi connectivity index (χ3v) is 3.72. The third-order valence-electron chi connectivity index (χ3n) is 3.00. The van der Waals surface area contributed by atoms with Gasteiger partial charge in [-0.05, 0) is 31.1 Å². The largest absolute Gasteiger partial charge is 0.385 e. The van der Waals surface area contributed by atoms with Gasteiger partial charge in [0.2, 0.25) is 0 Å². The molecule has 1 nitrogen and oxygen atoms in total. The van der Waals surface area contributed by atoms with Crippen molar-refractivity contribution in [2.24, 2.45) is 5.41 Å². The van der Waals surface area contributed by atoms with Gasteiger partial charge < -0.3 is 4.74 Å². The fraction of sp³-hybridized carbons (Fsp3) is 1.00. The van der Waals surface area contributed by atoms with Crippen molar-refractivity contribution in [2.45, 2.75) is 30.6 Å². The lowest BCUT2D eigenvalue weighted by molar-refractivity contribution is 0.190. The first-order valence-electron chi connectivity index (χ1n) is 3.90. The van der Waals surface area contributed by atoms with Crippen LogP contribution in [0.5, 0.6) is 0 Å². The molecule has 0 aromatic carbocycles. The molecule has 1 unspecified atom stereocenters. The maximum absolute atomic E-state index is 6.30. The maximum atomic E-state index is 6.30. The summed E-state index contributed by atoms with van der Waals surface area (Å²) < 4.78 is 4.99. The molecule has 2 aliphatic carbocycles. The highest BCUT2D eigenvalue weighted by molar-refractivity contribution is 6.27. The summed E-state index contributed by atoms with van der Waals surface area (Å²) in [6.07, 6.45) is 5.01. The number of hydrogen-bond acceptors (Lipinski definition) is 1. The molecule has 2 fully saturated rings. The van der Waals surface area contributed by atoms with Gasteiger partial charge in [-0.2, -0.15) is 0 Å². The lowest BCUT2D eigenvalue weighted by Gasteiger charge is -2.05. The summed E-state index contributed by atoms with van der Waals surface area (Å²) in [5.41, 5.74) is 0.590. The van der Waals surface area contributed by atoms with Crippen LogP contribution >= 0.6 is 11.6 Å². The Morgan fingerprint density at radius 3 is 2.60 bits per heavy atom. The van der Waals surface area contributed by atoms with E-state index in [0.29, 0.717) is 5.41 Å². The Morgan fingerprint density at radius 1 is 1.50 bits per heavy atom. The van der Waals surface area contributed by atoms with E-state index in [9.17, 15) is 0 Å². The van der Waals surface area contributed by atoms with Gasteiger partial charge in [0.1, 0.15) is 0 Å². The van der Waals surface area contributed by atoms with Gasteiger partial charge in [0.25, 0.3) is 0 Å². The highest BCUT2D eigenvalue weighted by Gasteiger charge is 2.72. The minimum absolute atomic E-state index is 0.156. The van der Waals surface area contributed by atoms with E-state index >= 15 is 0 Å². The first-order chi connectivity index (χ1) is 4.72.